The lowest BCUT2D eigenvalue weighted by molar-refractivity contribution is 0.0697. The molecule has 126 valence electrons. The Labute approximate surface area is 147 Å². The molecule has 0 amide bonds. The van der Waals surface area contributed by atoms with Crippen molar-refractivity contribution in [2.24, 2.45) is 0 Å². The molecule has 3 rings (SSSR count). The monoisotopic (exact) mass is 354 g/mol. The number of carboxylic acids is 1. The minimum atomic E-state index is -1.11. The van der Waals surface area contributed by atoms with Crippen LogP contribution in [-0.4, -0.2) is 31.9 Å². The molecule has 2 aromatic heterocycles. The second kappa shape index (κ2) is 7.18. The number of nitrogens with zero attached hydrogens (tertiary/aromatic N) is 3. The molecule has 7 nitrogen and oxygen atoms in total. The van der Waals surface area contributed by atoms with E-state index in [1.165, 1.54) is 28.6 Å². The van der Waals surface area contributed by atoms with E-state index in [9.17, 15) is 14.7 Å². The molecule has 2 N–H and O–H groups in total. The molecule has 0 aliphatic heterocycles. The number of anilines is 2. The lowest BCUT2D eigenvalue weighted by Crippen LogP contribution is -2.15. The van der Waals surface area contributed by atoms with Crippen LogP contribution >= 0.6 is 11.8 Å². The molecule has 8 heteroatoms. The number of thioether (sulfide) groups is 1. The van der Waals surface area contributed by atoms with Gasteiger partial charge in [0.2, 0.25) is 0 Å². The highest BCUT2D eigenvalue weighted by atomic mass is 32.2. The molecule has 0 saturated carbocycles. The number of rotatable bonds is 5. The van der Waals surface area contributed by atoms with Crippen molar-refractivity contribution >= 4 is 29.2 Å². The Morgan fingerprint density at radius 3 is 2.60 bits per heavy atom. The Morgan fingerprint density at radius 1 is 1.20 bits per heavy atom. The van der Waals surface area contributed by atoms with Gasteiger partial charge < -0.3 is 10.4 Å². The van der Waals surface area contributed by atoms with E-state index < -0.39 is 5.97 Å². The first-order valence-corrected chi connectivity index (χ1v) is 8.50. The van der Waals surface area contributed by atoms with Gasteiger partial charge in [0, 0.05) is 29.8 Å². The van der Waals surface area contributed by atoms with Crippen molar-refractivity contribution in [1.29, 1.82) is 0 Å². The third-order valence-corrected chi connectivity index (χ3v) is 3.97. The highest BCUT2D eigenvalue weighted by Crippen LogP contribution is 2.22. The van der Waals surface area contributed by atoms with Gasteiger partial charge >= 0.3 is 5.97 Å². The first-order chi connectivity index (χ1) is 12.1. The highest BCUT2D eigenvalue weighted by Gasteiger charge is 2.14. The molecule has 2 heterocycles. The zero-order valence-corrected chi connectivity index (χ0v) is 14.0. The van der Waals surface area contributed by atoms with Crippen LogP contribution in [0.2, 0.25) is 0 Å². The second-order valence-corrected chi connectivity index (χ2v) is 5.78. The molecular weight excluding hydrogens is 340 g/mol. The quantitative estimate of drug-likeness (QED) is 0.537. The van der Waals surface area contributed by atoms with E-state index in [0.29, 0.717) is 16.5 Å². The number of carbonyl (C=O) groups is 1. The summed E-state index contributed by atoms with van der Waals surface area (Å²) in [4.78, 5) is 31.4. The van der Waals surface area contributed by atoms with Gasteiger partial charge in [-0.05, 0) is 36.6 Å². The van der Waals surface area contributed by atoms with Gasteiger partial charge in [-0.25, -0.2) is 14.8 Å². The van der Waals surface area contributed by atoms with Gasteiger partial charge in [0.25, 0.3) is 5.56 Å². The SMILES string of the molecule is CSc1ncc(C(=O)O)c(Nc2ccc(-n3ccccc3=O)cc2)n1. The van der Waals surface area contributed by atoms with E-state index in [1.807, 2.05) is 6.26 Å². The summed E-state index contributed by atoms with van der Waals surface area (Å²) in [5.74, 6) is -0.890. The largest absolute Gasteiger partial charge is 0.477 e. The lowest BCUT2D eigenvalue weighted by Gasteiger charge is -2.10. The Hall–Kier alpha value is -3.13. The summed E-state index contributed by atoms with van der Waals surface area (Å²) in [5.41, 5.74) is 1.22. The average Bonchev–Trinajstić information content (AvgIpc) is 2.62. The molecule has 0 fully saturated rings. The van der Waals surface area contributed by atoms with Gasteiger partial charge in [-0.2, -0.15) is 0 Å². The van der Waals surface area contributed by atoms with E-state index in [1.54, 1.807) is 42.6 Å². The van der Waals surface area contributed by atoms with Crippen molar-refractivity contribution in [2.45, 2.75) is 5.16 Å². The number of pyridine rings is 1. The predicted octanol–water partition coefficient (Wildman–Crippen LogP) is 2.79. The van der Waals surface area contributed by atoms with E-state index >= 15 is 0 Å². The van der Waals surface area contributed by atoms with Crippen LogP contribution in [0.15, 0.2) is 64.8 Å². The molecule has 0 atom stereocenters. The number of aromatic carboxylic acids is 1. The van der Waals surface area contributed by atoms with Gasteiger partial charge in [0.15, 0.2) is 5.16 Å². The molecule has 25 heavy (non-hydrogen) atoms. The van der Waals surface area contributed by atoms with E-state index in [-0.39, 0.29) is 16.9 Å². The molecule has 0 bridgehead atoms. The van der Waals surface area contributed by atoms with Gasteiger partial charge in [0.05, 0.1) is 0 Å². The molecule has 3 aromatic rings. The van der Waals surface area contributed by atoms with Crippen molar-refractivity contribution in [2.75, 3.05) is 11.6 Å². The van der Waals surface area contributed by atoms with Crippen LogP contribution in [0.3, 0.4) is 0 Å². The van der Waals surface area contributed by atoms with E-state index in [0.717, 1.165) is 0 Å². The number of carboxylic acid groups (broad SMARTS) is 1. The molecule has 1 aromatic carbocycles. The zero-order chi connectivity index (χ0) is 17.8. The fourth-order valence-corrected chi connectivity index (χ4v) is 2.54. The fourth-order valence-electron chi connectivity index (χ4n) is 2.20. The third-order valence-electron chi connectivity index (χ3n) is 3.41. The summed E-state index contributed by atoms with van der Waals surface area (Å²) in [7, 11) is 0. The Kier molecular flexibility index (Phi) is 4.80. The number of aromatic nitrogens is 3. The van der Waals surface area contributed by atoms with Gasteiger partial charge in [0.1, 0.15) is 11.4 Å². The average molecular weight is 354 g/mol. The topological polar surface area (TPSA) is 97.1 Å². The summed E-state index contributed by atoms with van der Waals surface area (Å²) in [6.07, 6.45) is 4.77. The van der Waals surface area contributed by atoms with Gasteiger partial charge in [-0.1, -0.05) is 17.8 Å². The maximum absolute atomic E-state index is 11.8. The van der Waals surface area contributed by atoms with Crippen LogP contribution in [0.4, 0.5) is 11.5 Å². The molecule has 0 aliphatic carbocycles. The van der Waals surface area contributed by atoms with E-state index in [4.69, 9.17) is 0 Å². The van der Waals surface area contributed by atoms with E-state index in [2.05, 4.69) is 15.3 Å². The lowest BCUT2D eigenvalue weighted by atomic mass is 10.2. The number of hydrogen-bond donors (Lipinski definition) is 2. The second-order valence-electron chi connectivity index (χ2n) is 5.00. The van der Waals surface area contributed by atoms with Crippen LogP contribution in [0.25, 0.3) is 5.69 Å². The third kappa shape index (κ3) is 3.69. The molecule has 0 aliphatic rings. The molecular formula is C17H14N4O3S. The van der Waals surface area contributed by atoms with Crippen LogP contribution in [-0.2, 0) is 0 Å². The summed E-state index contributed by atoms with van der Waals surface area (Å²) in [6.45, 7) is 0. The predicted molar refractivity (Wildman–Crippen MR) is 96.1 cm³/mol. The fraction of sp³-hybridized carbons (Fsp3) is 0.0588. The number of benzene rings is 1. The number of hydrogen-bond acceptors (Lipinski definition) is 6. The Morgan fingerprint density at radius 2 is 1.96 bits per heavy atom. The minimum absolute atomic E-state index is 0.0128. The molecule has 0 radical (unpaired) electrons. The van der Waals surface area contributed by atoms with Gasteiger partial charge in [-0.3, -0.25) is 9.36 Å². The van der Waals surface area contributed by atoms with Crippen LogP contribution in [0.1, 0.15) is 10.4 Å². The molecule has 0 spiro atoms. The minimum Gasteiger partial charge on any atom is -0.477 e. The maximum Gasteiger partial charge on any atom is 0.341 e. The van der Waals surface area contributed by atoms with Crippen molar-refractivity contribution < 1.29 is 9.90 Å². The van der Waals surface area contributed by atoms with Crippen molar-refractivity contribution in [1.82, 2.24) is 14.5 Å². The summed E-state index contributed by atoms with van der Waals surface area (Å²) < 4.78 is 1.52. The number of nitrogens with one attached hydrogen (secondary N) is 1. The highest BCUT2D eigenvalue weighted by molar-refractivity contribution is 7.98. The Bertz CT molecular complexity index is 970. The van der Waals surface area contributed by atoms with Crippen LogP contribution < -0.4 is 10.9 Å². The standard InChI is InChI=1S/C17H14N4O3S/c1-25-17-18-10-13(16(23)24)15(20-17)19-11-5-7-12(8-6-11)21-9-3-2-4-14(21)22/h2-10H,1H3,(H,23,24)(H,18,19,20). The Balaban J connectivity index is 1.91. The van der Waals surface area contributed by atoms with Crippen molar-refractivity contribution in [3.63, 3.8) is 0 Å². The summed E-state index contributed by atoms with van der Waals surface area (Å²) in [6, 6.07) is 12.0. The maximum atomic E-state index is 11.8. The normalized spacial score (nSPS) is 10.4. The molecule has 0 saturated heterocycles. The smallest absolute Gasteiger partial charge is 0.341 e. The summed E-state index contributed by atoms with van der Waals surface area (Å²) >= 11 is 1.32. The van der Waals surface area contributed by atoms with Crippen LogP contribution in [0, 0.1) is 0 Å². The first-order valence-electron chi connectivity index (χ1n) is 7.28. The summed E-state index contributed by atoms with van der Waals surface area (Å²) in [5, 5.41) is 12.7. The molecule has 0 unspecified atom stereocenters. The van der Waals surface area contributed by atoms with Gasteiger partial charge in [-0.15, -0.1) is 0 Å². The zero-order valence-electron chi connectivity index (χ0n) is 13.2. The first kappa shape index (κ1) is 16.7. The van der Waals surface area contributed by atoms with Crippen LogP contribution in [0.5, 0.6) is 0 Å². The van der Waals surface area contributed by atoms with Crippen molar-refractivity contribution in [3.05, 3.63) is 70.8 Å². The van der Waals surface area contributed by atoms with Crippen molar-refractivity contribution in [3.8, 4) is 5.69 Å².